The highest BCUT2D eigenvalue weighted by Crippen LogP contribution is 2.32. The Kier molecular flexibility index (Phi) is 4.35. The molecule has 1 aliphatic heterocycles. The van der Waals surface area contributed by atoms with E-state index < -0.39 is 0 Å². The maximum absolute atomic E-state index is 5.47. The highest BCUT2D eigenvalue weighted by Gasteiger charge is 2.18. The fraction of sp³-hybridized carbons (Fsp3) is 0.625. The van der Waals surface area contributed by atoms with Crippen LogP contribution in [0.2, 0.25) is 0 Å². The van der Waals surface area contributed by atoms with E-state index in [0.29, 0.717) is 6.04 Å². The predicted molar refractivity (Wildman–Crippen MR) is 81.2 cm³/mol. The average Bonchev–Trinajstić information content (AvgIpc) is 2.39. The molecule has 3 nitrogen and oxygen atoms in total. The summed E-state index contributed by atoms with van der Waals surface area (Å²) in [5, 5.41) is 7.06. The van der Waals surface area contributed by atoms with Gasteiger partial charge in [-0.05, 0) is 42.5 Å². The highest BCUT2D eigenvalue weighted by atomic mass is 16.5. The van der Waals surface area contributed by atoms with Crippen LogP contribution in [-0.2, 0) is 5.41 Å². The van der Waals surface area contributed by atoms with Crippen LogP contribution in [0.15, 0.2) is 18.2 Å². The summed E-state index contributed by atoms with van der Waals surface area (Å²) in [6, 6.07) is 6.95. The number of benzene rings is 1. The van der Waals surface area contributed by atoms with E-state index in [9.17, 15) is 0 Å². The van der Waals surface area contributed by atoms with Gasteiger partial charge in [0.2, 0.25) is 0 Å². The van der Waals surface area contributed by atoms with E-state index in [0.717, 1.165) is 24.5 Å². The average molecular weight is 262 g/mol. The van der Waals surface area contributed by atoms with Crippen molar-refractivity contribution in [3.63, 3.8) is 0 Å². The van der Waals surface area contributed by atoms with Crippen molar-refractivity contribution in [2.45, 2.75) is 45.1 Å². The smallest absolute Gasteiger partial charge is 0.141 e. The van der Waals surface area contributed by atoms with Crippen molar-refractivity contribution in [2.75, 3.05) is 25.5 Å². The summed E-state index contributed by atoms with van der Waals surface area (Å²) in [5.74, 6) is 0.929. The van der Waals surface area contributed by atoms with Gasteiger partial charge in [-0.3, -0.25) is 0 Å². The van der Waals surface area contributed by atoms with Crippen LogP contribution in [0.1, 0.15) is 39.2 Å². The first-order valence-corrected chi connectivity index (χ1v) is 7.16. The van der Waals surface area contributed by atoms with Crippen LogP contribution in [0.3, 0.4) is 0 Å². The molecule has 2 N–H and O–H groups in total. The fourth-order valence-corrected chi connectivity index (χ4v) is 2.48. The monoisotopic (exact) mass is 262 g/mol. The number of hydrogen-bond donors (Lipinski definition) is 2. The Hall–Kier alpha value is -1.22. The van der Waals surface area contributed by atoms with E-state index in [1.54, 1.807) is 7.11 Å². The minimum absolute atomic E-state index is 0.160. The Morgan fingerprint density at radius 2 is 2.11 bits per heavy atom. The van der Waals surface area contributed by atoms with Crippen LogP contribution in [0, 0.1) is 0 Å². The standard InChI is InChI=1S/C16H26N2O/c1-16(2,3)12-7-8-15(19-4)14(10-12)18-13-6-5-9-17-11-13/h7-8,10,13,17-18H,5-6,9,11H2,1-4H3. The van der Waals surface area contributed by atoms with Crippen LogP contribution in [0.4, 0.5) is 5.69 Å². The number of rotatable bonds is 3. The second-order valence-electron chi connectivity index (χ2n) is 6.35. The topological polar surface area (TPSA) is 33.3 Å². The van der Waals surface area contributed by atoms with Crippen molar-refractivity contribution < 1.29 is 4.74 Å². The maximum atomic E-state index is 5.47. The molecule has 2 rings (SSSR count). The maximum Gasteiger partial charge on any atom is 0.141 e. The summed E-state index contributed by atoms with van der Waals surface area (Å²) < 4.78 is 5.47. The Labute approximate surface area is 116 Å². The number of anilines is 1. The van der Waals surface area contributed by atoms with Gasteiger partial charge < -0.3 is 15.4 Å². The third-order valence-corrected chi connectivity index (χ3v) is 3.72. The van der Waals surface area contributed by atoms with E-state index in [4.69, 9.17) is 4.74 Å². The lowest BCUT2D eigenvalue weighted by atomic mass is 9.86. The Balaban J connectivity index is 2.20. The largest absolute Gasteiger partial charge is 0.495 e. The molecule has 0 bridgehead atoms. The van der Waals surface area contributed by atoms with Gasteiger partial charge in [-0.15, -0.1) is 0 Å². The summed E-state index contributed by atoms with van der Waals surface area (Å²) in [7, 11) is 1.73. The van der Waals surface area contributed by atoms with E-state index in [2.05, 4.69) is 49.6 Å². The molecule has 0 aliphatic carbocycles. The molecule has 1 aliphatic rings. The first-order valence-electron chi connectivity index (χ1n) is 7.16. The summed E-state index contributed by atoms with van der Waals surface area (Å²) in [6.07, 6.45) is 2.45. The van der Waals surface area contributed by atoms with Crippen molar-refractivity contribution in [2.24, 2.45) is 0 Å². The molecule has 3 heteroatoms. The number of ether oxygens (including phenoxy) is 1. The van der Waals surface area contributed by atoms with E-state index in [-0.39, 0.29) is 5.41 Å². The number of piperidine rings is 1. The molecule has 1 unspecified atom stereocenters. The first-order chi connectivity index (χ1) is 9.00. The molecule has 0 radical (unpaired) electrons. The zero-order valence-corrected chi connectivity index (χ0v) is 12.5. The van der Waals surface area contributed by atoms with Gasteiger partial charge in [0.25, 0.3) is 0 Å². The predicted octanol–water partition coefficient (Wildman–Crippen LogP) is 3.16. The minimum Gasteiger partial charge on any atom is -0.495 e. The minimum atomic E-state index is 0.160. The molecule has 1 aromatic rings. The normalized spacial score (nSPS) is 20.1. The molecule has 1 fully saturated rings. The molecule has 19 heavy (non-hydrogen) atoms. The molecule has 0 saturated carbocycles. The lowest BCUT2D eigenvalue weighted by Gasteiger charge is -2.27. The lowest BCUT2D eigenvalue weighted by Crippen LogP contribution is -2.38. The van der Waals surface area contributed by atoms with Crippen LogP contribution in [0.5, 0.6) is 5.75 Å². The van der Waals surface area contributed by atoms with Crippen molar-refractivity contribution in [1.82, 2.24) is 5.32 Å². The van der Waals surface area contributed by atoms with Crippen molar-refractivity contribution in [3.05, 3.63) is 23.8 Å². The molecule has 1 heterocycles. The first kappa shape index (κ1) is 14.2. The number of hydrogen-bond acceptors (Lipinski definition) is 3. The fourth-order valence-electron chi connectivity index (χ4n) is 2.48. The van der Waals surface area contributed by atoms with E-state index in [1.165, 1.54) is 18.4 Å². The van der Waals surface area contributed by atoms with E-state index >= 15 is 0 Å². The summed E-state index contributed by atoms with van der Waals surface area (Å²) >= 11 is 0. The second kappa shape index (κ2) is 5.83. The second-order valence-corrected chi connectivity index (χ2v) is 6.35. The van der Waals surface area contributed by atoms with Crippen molar-refractivity contribution in [1.29, 1.82) is 0 Å². The SMILES string of the molecule is COc1ccc(C(C)(C)C)cc1NC1CCCNC1. The third-order valence-electron chi connectivity index (χ3n) is 3.72. The van der Waals surface area contributed by atoms with Gasteiger partial charge in [-0.25, -0.2) is 0 Å². The summed E-state index contributed by atoms with van der Waals surface area (Å²) in [4.78, 5) is 0. The van der Waals surface area contributed by atoms with Gasteiger partial charge in [0.05, 0.1) is 12.8 Å². The van der Waals surface area contributed by atoms with Gasteiger partial charge in [-0.2, -0.15) is 0 Å². The Morgan fingerprint density at radius 3 is 2.68 bits per heavy atom. The molecule has 0 amide bonds. The number of methoxy groups -OCH3 is 1. The third kappa shape index (κ3) is 3.63. The summed E-state index contributed by atoms with van der Waals surface area (Å²) in [6.45, 7) is 8.88. The van der Waals surface area contributed by atoms with Crippen LogP contribution in [0.25, 0.3) is 0 Å². The molecular formula is C16H26N2O. The zero-order chi connectivity index (χ0) is 13.9. The molecule has 0 aromatic heterocycles. The van der Waals surface area contributed by atoms with Crippen molar-refractivity contribution in [3.8, 4) is 5.75 Å². The zero-order valence-electron chi connectivity index (χ0n) is 12.5. The van der Waals surface area contributed by atoms with Gasteiger partial charge in [0.15, 0.2) is 0 Å². The molecule has 106 valence electrons. The quantitative estimate of drug-likeness (QED) is 0.878. The Morgan fingerprint density at radius 1 is 1.32 bits per heavy atom. The van der Waals surface area contributed by atoms with Gasteiger partial charge in [-0.1, -0.05) is 26.8 Å². The van der Waals surface area contributed by atoms with Crippen LogP contribution < -0.4 is 15.4 Å². The molecule has 1 atom stereocenters. The van der Waals surface area contributed by atoms with Crippen molar-refractivity contribution >= 4 is 5.69 Å². The van der Waals surface area contributed by atoms with Crippen LogP contribution >= 0.6 is 0 Å². The van der Waals surface area contributed by atoms with Gasteiger partial charge in [0.1, 0.15) is 5.75 Å². The molecule has 0 spiro atoms. The molecular weight excluding hydrogens is 236 g/mol. The van der Waals surface area contributed by atoms with Gasteiger partial charge in [0, 0.05) is 12.6 Å². The number of nitrogens with one attached hydrogen (secondary N) is 2. The highest BCUT2D eigenvalue weighted by molar-refractivity contribution is 5.59. The Bertz CT molecular complexity index is 417. The lowest BCUT2D eigenvalue weighted by molar-refractivity contribution is 0.413. The van der Waals surface area contributed by atoms with Gasteiger partial charge >= 0.3 is 0 Å². The van der Waals surface area contributed by atoms with E-state index in [1.807, 2.05) is 0 Å². The summed E-state index contributed by atoms with van der Waals surface area (Å²) in [5.41, 5.74) is 2.61. The molecule has 1 saturated heterocycles. The molecule has 1 aromatic carbocycles. The van der Waals surface area contributed by atoms with Crippen LogP contribution in [-0.4, -0.2) is 26.2 Å².